The quantitative estimate of drug-likeness (QED) is 0.922. The van der Waals surface area contributed by atoms with Gasteiger partial charge in [-0.05, 0) is 42.0 Å². The summed E-state index contributed by atoms with van der Waals surface area (Å²) in [6, 6.07) is 14.3. The van der Waals surface area contributed by atoms with Crippen LogP contribution in [-0.2, 0) is 16.0 Å². The van der Waals surface area contributed by atoms with Gasteiger partial charge >= 0.3 is 0 Å². The van der Waals surface area contributed by atoms with E-state index in [1.807, 2.05) is 12.1 Å². The van der Waals surface area contributed by atoms with Crippen LogP contribution in [-0.4, -0.2) is 29.3 Å². The summed E-state index contributed by atoms with van der Waals surface area (Å²) in [5, 5.41) is 2.46. The van der Waals surface area contributed by atoms with Crippen molar-refractivity contribution in [2.24, 2.45) is 5.73 Å². The maximum atomic E-state index is 12.3. The van der Waals surface area contributed by atoms with Gasteiger partial charge in [0.05, 0.1) is 0 Å². The summed E-state index contributed by atoms with van der Waals surface area (Å²) in [6.07, 6.45) is 3.69. The zero-order valence-electron chi connectivity index (χ0n) is 13.2. The van der Waals surface area contributed by atoms with Crippen LogP contribution in [0, 0.1) is 0 Å². The van der Waals surface area contributed by atoms with E-state index in [0.29, 0.717) is 19.4 Å². The van der Waals surface area contributed by atoms with Crippen LogP contribution in [0.25, 0.3) is 10.8 Å². The molecule has 1 heterocycles. The number of fused-ring (bicyclic) bond motifs is 1. The van der Waals surface area contributed by atoms with Crippen molar-refractivity contribution >= 4 is 22.6 Å². The monoisotopic (exact) mass is 310 g/mol. The summed E-state index contributed by atoms with van der Waals surface area (Å²) >= 11 is 0. The van der Waals surface area contributed by atoms with Crippen LogP contribution in [0.3, 0.4) is 0 Å². The zero-order valence-corrected chi connectivity index (χ0v) is 13.2. The summed E-state index contributed by atoms with van der Waals surface area (Å²) in [4.78, 5) is 25.3. The molecule has 1 atom stereocenters. The van der Waals surface area contributed by atoms with E-state index in [1.165, 1.54) is 16.3 Å². The molecule has 3 rings (SSSR count). The smallest absolute Gasteiger partial charge is 0.240 e. The number of likely N-dealkylation sites (tertiary alicyclic amines) is 1. The number of carbonyl (C=O) groups excluding carboxylic acids is 2. The second kappa shape index (κ2) is 6.82. The number of nitrogens with zero attached hydrogens (tertiary/aromatic N) is 1. The number of benzene rings is 2. The van der Waals surface area contributed by atoms with E-state index < -0.39 is 6.04 Å². The molecule has 1 aliphatic rings. The van der Waals surface area contributed by atoms with Gasteiger partial charge in [0, 0.05) is 13.0 Å². The molecule has 0 aromatic heterocycles. The van der Waals surface area contributed by atoms with Gasteiger partial charge in [-0.2, -0.15) is 0 Å². The van der Waals surface area contributed by atoms with E-state index in [4.69, 9.17) is 5.73 Å². The number of amides is 2. The molecular formula is C19H22N2O2. The fourth-order valence-corrected chi connectivity index (χ4v) is 3.34. The highest BCUT2D eigenvalue weighted by Gasteiger charge is 2.31. The van der Waals surface area contributed by atoms with Gasteiger partial charge in [0.1, 0.15) is 6.04 Å². The molecule has 23 heavy (non-hydrogen) atoms. The van der Waals surface area contributed by atoms with Gasteiger partial charge in [0.2, 0.25) is 11.8 Å². The summed E-state index contributed by atoms with van der Waals surface area (Å²) < 4.78 is 0. The molecule has 4 nitrogen and oxygen atoms in total. The highest BCUT2D eigenvalue weighted by molar-refractivity contribution is 5.87. The fourth-order valence-electron chi connectivity index (χ4n) is 3.34. The van der Waals surface area contributed by atoms with Crippen LogP contribution < -0.4 is 5.73 Å². The molecule has 4 heteroatoms. The third-order valence-corrected chi connectivity index (χ3v) is 4.57. The Kier molecular flexibility index (Phi) is 4.60. The Balaban J connectivity index is 1.56. The minimum atomic E-state index is -0.400. The molecule has 2 aromatic carbocycles. The van der Waals surface area contributed by atoms with E-state index in [9.17, 15) is 9.59 Å². The Bertz CT molecular complexity index is 726. The predicted octanol–water partition coefficient (Wildman–Crippen LogP) is 2.64. The molecule has 0 bridgehead atoms. The number of hydrogen-bond acceptors (Lipinski definition) is 2. The lowest BCUT2D eigenvalue weighted by atomic mass is 10.0. The van der Waals surface area contributed by atoms with Crippen molar-refractivity contribution in [2.45, 2.75) is 38.1 Å². The lowest BCUT2D eigenvalue weighted by Gasteiger charge is -2.22. The summed E-state index contributed by atoms with van der Waals surface area (Å²) in [6.45, 7) is 0.655. The fraction of sp³-hybridized carbons (Fsp3) is 0.368. The molecule has 2 aromatic rings. The molecule has 0 radical (unpaired) electrons. The summed E-state index contributed by atoms with van der Waals surface area (Å²) in [7, 11) is 0. The first-order valence-corrected chi connectivity index (χ1v) is 8.21. The van der Waals surface area contributed by atoms with E-state index in [1.54, 1.807) is 4.90 Å². The van der Waals surface area contributed by atoms with Crippen LogP contribution in [0.2, 0.25) is 0 Å². The molecule has 2 amide bonds. The molecule has 2 N–H and O–H groups in total. The van der Waals surface area contributed by atoms with Crippen LogP contribution in [0.15, 0.2) is 42.5 Å². The largest absolute Gasteiger partial charge is 0.368 e. The van der Waals surface area contributed by atoms with E-state index in [0.717, 1.165) is 19.3 Å². The van der Waals surface area contributed by atoms with Crippen molar-refractivity contribution in [1.82, 2.24) is 4.90 Å². The maximum absolute atomic E-state index is 12.3. The number of aryl methyl sites for hydroxylation is 1. The lowest BCUT2D eigenvalue weighted by Crippen LogP contribution is -2.43. The van der Waals surface area contributed by atoms with Crippen molar-refractivity contribution in [3.8, 4) is 0 Å². The zero-order chi connectivity index (χ0) is 16.2. The normalized spacial score (nSPS) is 17.6. The molecule has 1 saturated heterocycles. The molecular weight excluding hydrogens is 288 g/mol. The Hall–Kier alpha value is -2.36. The Morgan fingerprint density at radius 3 is 2.70 bits per heavy atom. The minimum Gasteiger partial charge on any atom is -0.368 e. The van der Waals surface area contributed by atoms with Gasteiger partial charge in [0.15, 0.2) is 0 Å². The predicted molar refractivity (Wildman–Crippen MR) is 90.8 cm³/mol. The highest BCUT2D eigenvalue weighted by atomic mass is 16.2. The third-order valence-electron chi connectivity index (χ3n) is 4.57. The summed E-state index contributed by atoms with van der Waals surface area (Å²) in [5.74, 6) is -0.336. The van der Waals surface area contributed by atoms with Crippen LogP contribution >= 0.6 is 0 Å². The molecule has 120 valence electrons. The average molecular weight is 310 g/mol. The van der Waals surface area contributed by atoms with Crippen LogP contribution in [0.5, 0.6) is 0 Å². The highest BCUT2D eigenvalue weighted by Crippen LogP contribution is 2.20. The topological polar surface area (TPSA) is 63.4 Å². The van der Waals surface area contributed by atoms with Gasteiger partial charge in [-0.25, -0.2) is 0 Å². The first kappa shape index (κ1) is 15.5. The molecule has 1 aliphatic heterocycles. The number of nitrogens with two attached hydrogens (primary N) is 1. The Labute approximate surface area is 136 Å². The van der Waals surface area contributed by atoms with Crippen molar-refractivity contribution in [3.63, 3.8) is 0 Å². The second-order valence-corrected chi connectivity index (χ2v) is 6.18. The van der Waals surface area contributed by atoms with Gasteiger partial charge in [-0.15, -0.1) is 0 Å². The Morgan fingerprint density at radius 1 is 1.13 bits per heavy atom. The van der Waals surface area contributed by atoms with Crippen LogP contribution in [0.1, 0.15) is 31.2 Å². The average Bonchev–Trinajstić information content (AvgIpc) is 3.04. The van der Waals surface area contributed by atoms with E-state index >= 15 is 0 Å². The summed E-state index contributed by atoms with van der Waals surface area (Å²) in [5.41, 5.74) is 6.61. The van der Waals surface area contributed by atoms with Crippen LogP contribution in [0.4, 0.5) is 0 Å². The van der Waals surface area contributed by atoms with E-state index in [2.05, 4.69) is 30.3 Å². The number of primary amides is 1. The van der Waals surface area contributed by atoms with Crippen molar-refractivity contribution < 1.29 is 9.59 Å². The molecule has 0 aliphatic carbocycles. The molecule has 0 saturated carbocycles. The number of hydrogen-bond donors (Lipinski definition) is 1. The lowest BCUT2D eigenvalue weighted by molar-refractivity contribution is -0.137. The van der Waals surface area contributed by atoms with Crippen molar-refractivity contribution in [3.05, 3.63) is 48.0 Å². The SMILES string of the molecule is NC(=O)[C@@H]1CCCN1C(=O)CCCc1ccc2ccccc2c1. The van der Waals surface area contributed by atoms with Gasteiger partial charge < -0.3 is 10.6 Å². The minimum absolute atomic E-state index is 0.0482. The van der Waals surface area contributed by atoms with E-state index in [-0.39, 0.29) is 11.8 Å². The van der Waals surface area contributed by atoms with Crippen molar-refractivity contribution in [1.29, 1.82) is 0 Å². The van der Waals surface area contributed by atoms with Gasteiger partial charge in [-0.1, -0.05) is 42.5 Å². The Morgan fingerprint density at radius 2 is 1.91 bits per heavy atom. The standard InChI is InChI=1S/C19H22N2O2/c20-19(23)17-8-4-12-21(17)18(22)9-3-5-14-10-11-15-6-1-2-7-16(15)13-14/h1-2,6-7,10-11,13,17H,3-5,8-9,12H2,(H2,20,23)/t17-/m0/s1. The first-order valence-electron chi connectivity index (χ1n) is 8.21. The third kappa shape index (κ3) is 3.52. The first-order chi connectivity index (χ1) is 11.1. The van der Waals surface area contributed by atoms with Crippen molar-refractivity contribution in [2.75, 3.05) is 6.54 Å². The maximum Gasteiger partial charge on any atom is 0.240 e. The van der Waals surface area contributed by atoms with Gasteiger partial charge in [0.25, 0.3) is 0 Å². The second-order valence-electron chi connectivity index (χ2n) is 6.18. The van der Waals surface area contributed by atoms with Gasteiger partial charge in [-0.3, -0.25) is 9.59 Å². The number of carbonyl (C=O) groups is 2. The number of rotatable bonds is 5. The molecule has 1 fully saturated rings. The molecule has 0 spiro atoms. The molecule has 0 unspecified atom stereocenters.